The molecule has 2 unspecified atom stereocenters. The largest absolute Gasteiger partial charge is 0.481 e. The third-order valence-corrected chi connectivity index (χ3v) is 3.98. The van der Waals surface area contributed by atoms with Crippen LogP contribution >= 0.6 is 0 Å². The lowest BCUT2D eigenvalue weighted by molar-refractivity contribution is -0.151. The first-order valence-corrected chi connectivity index (χ1v) is 5.57. The van der Waals surface area contributed by atoms with Gasteiger partial charge in [0.2, 0.25) is 0 Å². The topological polar surface area (TPSA) is 37.3 Å². The molecule has 0 heterocycles. The van der Waals surface area contributed by atoms with Crippen LogP contribution in [0, 0.1) is 11.3 Å². The molecule has 0 saturated heterocycles. The molecule has 2 aliphatic rings. The summed E-state index contributed by atoms with van der Waals surface area (Å²) in [6.07, 6.45) is 8.71. The number of allylic oxidation sites excluding steroid dienone is 2. The summed E-state index contributed by atoms with van der Waals surface area (Å²) in [6.45, 7) is 1.93. The Kier molecular flexibility index (Phi) is 2.38. The van der Waals surface area contributed by atoms with Crippen LogP contribution in [0.5, 0.6) is 0 Å². The quantitative estimate of drug-likeness (QED) is 0.651. The molecule has 0 aliphatic heterocycles. The monoisotopic (exact) mass is 194 g/mol. The lowest BCUT2D eigenvalue weighted by atomic mass is 9.62. The van der Waals surface area contributed by atoms with Crippen molar-refractivity contribution in [1.29, 1.82) is 0 Å². The van der Waals surface area contributed by atoms with E-state index in [2.05, 4.69) is 6.08 Å². The number of carboxylic acids is 1. The molecule has 2 rings (SSSR count). The van der Waals surface area contributed by atoms with Crippen molar-refractivity contribution >= 4 is 5.97 Å². The second-order valence-corrected chi connectivity index (χ2v) is 4.84. The van der Waals surface area contributed by atoms with E-state index in [4.69, 9.17) is 0 Å². The van der Waals surface area contributed by atoms with E-state index in [9.17, 15) is 9.90 Å². The molecule has 1 N–H and O–H groups in total. The highest BCUT2D eigenvalue weighted by molar-refractivity contribution is 5.75. The van der Waals surface area contributed by atoms with E-state index in [1.807, 2.05) is 6.92 Å². The van der Waals surface area contributed by atoms with Crippen molar-refractivity contribution in [3.05, 3.63) is 11.6 Å². The van der Waals surface area contributed by atoms with Gasteiger partial charge in [-0.2, -0.15) is 0 Å². The summed E-state index contributed by atoms with van der Waals surface area (Å²) in [6, 6.07) is 0. The first-order valence-electron chi connectivity index (χ1n) is 5.57. The zero-order valence-corrected chi connectivity index (χ0v) is 8.75. The zero-order valence-electron chi connectivity index (χ0n) is 8.75. The molecule has 0 aromatic carbocycles. The standard InChI is InChI=1S/C12H18O2/c1-12(11(13)14)8-4-6-9-5-2-3-7-10(9)12/h6,10H,2-5,7-8H2,1H3,(H,13,14). The van der Waals surface area contributed by atoms with Crippen molar-refractivity contribution < 1.29 is 9.90 Å². The Morgan fingerprint density at radius 1 is 1.57 bits per heavy atom. The molecule has 0 aromatic rings. The Bertz CT molecular complexity index is 280. The molecule has 0 bridgehead atoms. The molecule has 78 valence electrons. The van der Waals surface area contributed by atoms with Crippen LogP contribution < -0.4 is 0 Å². The van der Waals surface area contributed by atoms with Crippen molar-refractivity contribution in [2.45, 2.75) is 45.4 Å². The van der Waals surface area contributed by atoms with Gasteiger partial charge in [0, 0.05) is 0 Å². The van der Waals surface area contributed by atoms with Gasteiger partial charge in [0.15, 0.2) is 0 Å². The molecule has 0 aromatic heterocycles. The lowest BCUT2D eigenvalue weighted by Gasteiger charge is -2.41. The minimum absolute atomic E-state index is 0.322. The van der Waals surface area contributed by atoms with Crippen LogP contribution in [0.1, 0.15) is 45.4 Å². The number of hydrogen-bond acceptors (Lipinski definition) is 1. The molecule has 14 heavy (non-hydrogen) atoms. The fourth-order valence-corrected chi connectivity index (χ4v) is 3.00. The fourth-order valence-electron chi connectivity index (χ4n) is 3.00. The van der Waals surface area contributed by atoms with Gasteiger partial charge in [-0.25, -0.2) is 0 Å². The van der Waals surface area contributed by atoms with E-state index < -0.39 is 11.4 Å². The average Bonchev–Trinajstić information content (AvgIpc) is 2.18. The third kappa shape index (κ3) is 1.37. The number of hydrogen-bond donors (Lipinski definition) is 1. The van der Waals surface area contributed by atoms with Crippen molar-refractivity contribution in [1.82, 2.24) is 0 Å². The Hall–Kier alpha value is -0.790. The van der Waals surface area contributed by atoms with E-state index in [-0.39, 0.29) is 0 Å². The molecule has 2 atom stereocenters. The number of fused-ring (bicyclic) bond motifs is 1. The summed E-state index contributed by atoms with van der Waals surface area (Å²) in [5, 5.41) is 9.31. The Morgan fingerprint density at radius 3 is 3.07 bits per heavy atom. The summed E-state index contributed by atoms with van der Waals surface area (Å²) >= 11 is 0. The van der Waals surface area contributed by atoms with E-state index in [0.717, 1.165) is 25.7 Å². The molecule has 0 radical (unpaired) electrons. The summed E-state index contributed by atoms with van der Waals surface area (Å²) in [5.41, 5.74) is 0.942. The summed E-state index contributed by atoms with van der Waals surface area (Å²) in [5.74, 6) is -0.280. The normalized spacial score (nSPS) is 37.2. The minimum Gasteiger partial charge on any atom is -0.481 e. The predicted octanol–water partition coefficient (Wildman–Crippen LogP) is 2.99. The van der Waals surface area contributed by atoms with Gasteiger partial charge in [0.05, 0.1) is 5.41 Å². The van der Waals surface area contributed by atoms with Gasteiger partial charge in [0.25, 0.3) is 0 Å². The Labute approximate surface area is 85.0 Å². The van der Waals surface area contributed by atoms with Gasteiger partial charge in [-0.15, -0.1) is 0 Å². The van der Waals surface area contributed by atoms with Crippen LogP contribution in [0.4, 0.5) is 0 Å². The number of aliphatic carboxylic acids is 1. The highest BCUT2D eigenvalue weighted by Gasteiger charge is 2.44. The first kappa shape index (κ1) is 9.75. The zero-order chi connectivity index (χ0) is 10.2. The SMILES string of the molecule is CC1(C(=O)O)CCC=C2CCCCC21. The van der Waals surface area contributed by atoms with E-state index >= 15 is 0 Å². The molecule has 2 aliphatic carbocycles. The van der Waals surface area contributed by atoms with Gasteiger partial charge in [-0.05, 0) is 44.9 Å². The van der Waals surface area contributed by atoms with Gasteiger partial charge in [-0.1, -0.05) is 18.1 Å². The van der Waals surface area contributed by atoms with Gasteiger partial charge < -0.3 is 5.11 Å². The molecular formula is C12H18O2. The highest BCUT2D eigenvalue weighted by Crippen LogP contribution is 2.48. The summed E-state index contributed by atoms with van der Waals surface area (Å²) in [7, 11) is 0. The maximum absolute atomic E-state index is 11.3. The van der Waals surface area contributed by atoms with Crippen molar-refractivity contribution in [3.63, 3.8) is 0 Å². The second kappa shape index (κ2) is 3.41. The van der Waals surface area contributed by atoms with Crippen molar-refractivity contribution in [2.24, 2.45) is 11.3 Å². The minimum atomic E-state index is -0.602. The molecule has 1 fully saturated rings. The van der Waals surface area contributed by atoms with Gasteiger partial charge in [-0.3, -0.25) is 4.79 Å². The maximum atomic E-state index is 11.3. The molecule has 0 spiro atoms. The van der Waals surface area contributed by atoms with E-state index in [1.54, 1.807) is 0 Å². The lowest BCUT2D eigenvalue weighted by Crippen LogP contribution is -2.40. The number of carboxylic acid groups (broad SMARTS) is 1. The van der Waals surface area contributed by atoms with Crippen molar-refractivity contribution in [2.75, 3.05) is 0 Å². The predicted molar refractivity (Wildman–Crippen MR) is 55.0 cm³/mol. The number of rotatable bonds is 1. The van der Waals surface area contributed by atoms with Gasteiger partial charge in [0.1, 0.15) is 0 Å². The molecule has 2 heteroatoms. The van der Waals surface area contributed by atoms with Crippen LogP contribution in [0.2, 0.25) is 0 Å². The average molecular weight is 194 g/mol. The van der Waals surface area contributed by atoms with Crippen molar-refractivity contribution in [3.8, 4) is 0 Å². The van der Waals surface area contributed by atoms with Crippen LogP contribution in [0.3, 0.4) is 0 Å². The van der Waals surface area contributed by atoms with Crippen LogP contribution in [-0.2, 0) is 4.79 Å². The fraction of sp³-hybridized carbons (Fsp3) is 0.750. The summed E-state index contributed by atoms with van der Waals surface area (Å²) < 4.78 is 0. The second-order valence-electron chi connectivity index (χ2n) is 4.84. The van der Waals surface area contributed by atoms with Crippen LogP contribution in [0.15, 0.2) is 11.6 Å². The first-order chi connectivity index (χ1) is 6.64. The van der Waals surface area contributed by atoms with Crippen LogP contribution in [-0.4, -0.2) is 11.1 Å². The smallest absolute Gasteiger partial charge is 0.309 e. The molecule has 0 amide bonds. The Balaban J connectivity index is 2.29. The van der Waals surface area contributed by atoms with E-state index in [0.29, 0.717) is 5.92 Å². The molecular weight excluding hydrogens is 176 g/mol. The highest BCUT2D eigenvalue weighted by atomic mass is 16.4. The van der Waals surface area contributed by atoms with Gasteiger partial charge >= 0.3 is 5.97 Å². The maximum Gasteiger partial charge on any atom is 0.309 e. The molecule has 1 saturated carbocycles. The van der Waals surface area contributed by atoms with Crippen LogP contribution in [0.25, 0.3) is 0 Å². The molecule has 2 nitrogen and oxygen atoms in total. The third-order valence-electron chi connectivity index (χ3n) is 3.98. The Morgan fingerprint density at radius 2 is 2.36 bits per heavy atom. The van der Waals surface area contributed by atoms with E-state index in [1.165, 1.54) is 18.4 Å². The summed E-state index contributed by atoms with van der Waals surface area (Å²) in [4.78, 5) is 11.3. The number of carbonyl (C=O) groups is 1.